The van der Waals surface area contributed by atoms with Gasteiger partial charge in [0, 0.05) is 11.8 Å². The molecule has 0 N–H and O–H groups in total. The van der Waals surface area contributed by atoms with Crippen molar-refractivity contribution >= 4 is 0 Å². The van der Waals surface area contributed by atoms with Crippen LogP contribution >= 0.6 is 0 Å². The molecule has 1 aromatic heterocycles. The Morgan fingerprint density at radius 1 is 0.810 bits per heavy atom. The molecule has 0 fully saturated rings. The van der Waals surface area contributed by atoms with Crippen molar-refractivity contribution in [3.05, 3.63) is 72.9 Å². The summed E-state index contributed by atoms with van der Waals surface area (Å²) in [6.45, 7) is 2.67. The molecule has 0 aliphatic heterocycles. The van der Waals surface area contributed by atoms with Crippen LogP contribution in [0.25, 0.3) is 22.4 Å². The molecule has 104 valence electrons. The van der Waals surface area contributed by atoms with Gasteiger partial charge in [-0.05, 0) is 42.3 Å². The maximum absolute atomic E-state index is 5.50. The summed E-state index contributed by atoms with van der Waals surface area (Å²) in [5.74, 6) is 0.900. The number of nitrogens with zero attached hydrogens (tertiary/aromatic N) is 1. The number of rotatable bonds is 4. The number of hydrogen-bond acceptors (Lipinski definition) is 2. The molecule has 0 radical (unpaired) electrons. The molecule has 0 aliphatic rings. The fourth-order valence-corrected chi connectivity index (χ4v) is 2.38. The van der Waals surface area contributed by atoms with Gasteiger partial charge in [0.25, 0.3) is 0 Å². The summed E-state index contributed by atoms with van der Waals surface area (Å²) < 4.78 is 5.50. The van der Waals surface area contributed by atoms with Crippen LogP contribution in [0.15, 0.2) is 72.9 Å². The van der Waals surface area contributed by atoms with E-state index >= 15 is 0 Å². The van der Waals surface area contributed by atoms with Gasteiger partial charge in [-0.25, -0.2) is 0 Å². The van der Waals surface area contributed by atoms with Crippen LogP contribution < -0.4 is 4.74 Å². The van der Waals surface area contributed by atoms with E-state index in [2.05, 4.69) is 35.3 Å². The van der Waals surface area contributed by atoms with E-state index in [-0.39, 0.29) is 0 Å². The highest BCUT2D eigenvalue weighted by molar-refractivity contribution is 5.81. The van der Waals surface area contributed by atoms with E-state index in [1.54, 1.807) is 0 Å². The SMILES string of the molecule is CCOc1ccc(-c2ccccc2-c2ccccn2)cc1. The first-order valence-electron chi connectivity index (χ1n) is 7.12. The third-order valence-corrected chi connectivity index (χ3v) is 3.34. The van der Waals surface area contributed by atoms with Crippen LogP contribution in [0.5, 0.6) is 5.75 Å². The van der Waals surface area contributed by atoms with Crippen molar-refractivity contribution < 1.29 is 4.74 Å². The standard InChI is InChI=1S/C19H17NO/c1-2-21-16-12-10-15(11-13-16)17-7-3-4-8-18(17)19-9-5-6-14-20-19/h3-14H,2H2,1H3. The summed E-state index contributed by atoms with van der Waals surface area (Å²) in [5, 5.41) is 0. The van der Waals surface area contributed by atoms with Crippen molar-refractivity contribution in [3.8, 4) is 28.1 Å². The largest absolute Gasteiger partial charge is 0.494 e. The molecule has 0 spiro atoms. The predicted octanol–water partition coefficient (Wildman–Crippen LogP) is 4.81. The molecule has 0 saturated carbocycles. The summed E-state index contributed by atoms with van der Waals surface area (Å²) in [5.41, 5.74) is 4.48. The second kappa shape index (κ2) is 6.23. The summed E-state index contributed by atoms with van der Waals surface area (Å²) >= 11 is 0. The van der Waals surface area contributed by atoms with Gasteiger partial charge in [-0.1, -0.05) is 42.5 Å². The lowest BCUT2D eigenvalue weighted by molar-refractivity contribution is 0.340. The minimum absolute atomic E-state index is 0.684. The van der Waals surface area contributed by atoms with E-state index in [4.69, 9.17) is 4.74 Å². The molecule has 2 nitrogen and oxygen atoms in total. The maximum Gasteiger partial charge on any atom is 0.119 e. The normalized spacial score (nSPS) is 10.3. The molecule has 0 unspecified atom stereocenters. The molecule has 3 rings (SSSR count). The molecule has 1 heterocycles. The molecule has 0 saturated heterocycles. The van der Waals surface area contributed by atoms with Crippen molar-refractivity contribution in [2.45, 2.75) is 6.92 Å². The first-order chi connectivity index (χ1) is 10.4. The molecular weight excluding hydrogens is 258 g/mol. The minimum Gasteiger partial charge on any atom is -0.494 e. The fourth-order valence-electron chi connectivity index (χ4n) is 2.38. The second-order valence-corrected chi connectivity index (χ2v) is 4.72. The molecule has 2 aromatic carbocycles. The summed E-state index contributed by atoms with van der Waals surface area (Å²) in [6, 6.07) is 22.5. The van der Waals surface area contributed by atoms with E-state index in [1.807, 2.05) is 49.5 Å². The quantitative estimate of drug-likeness (QED) is 0.681. The Balaban J connectivity index is 2.03. The van der Waals surface area contributed by atoms with Crippen molar-refractivity contribution in [1.29, 1.82) is 0 Å². The summed E-state index contributed by atoms with van der Waals surface area (Å²) in [7, 11) is 0. The van der Waals surface area contributed by atoms with Crippen molar-refractivity contribution in [2.24, 2.45) is 0 Å². The Bertz CT molecular complexity index is 705. The Morgan fingerprint density at radius 3 is 2.19 bits per heavy atom. The molecule has 0 aliphatic carbocycles. The Labute approximate surface area is 125 Å². The van der Waals surface area contributed by atoms with Crippen molar-refractivity contribution in [1.82, 2.24) is 4.98 Å². The molecule has 3 aromatic rings. The molecule has 21 heavy (non-hydrogen) atoms. The number of aromatic nitrogens is 1. The lowest BCUT2D eigenvalue weighted by Crippen LogP contribution is -1.91. The Hall–Kier alpha value is -2.61. The predicted molar refractivity (Wildman–Crippen MR) is 86.3 cm³/mol. The van der Waals surface area contributed by atoms with Gasteiger partial charge in [0.2, 0.25) is 0 Å². The van der Waals surface area contributed by atoms with Crippen molar-refractivity contribution in [3.63, 3.8) is 0 Å². The van der Waals surface area contributed by atoms with Gasteiger partial charge in [0.1, 0.15) is 5.75 Å². The van der Waals surface area contributed by atoms with Crippen LogP contribution in [0.4, 0.5) is 0 Å². The number of ether oxygens (including phenoxy) is 1. The number of hydrogen-bond donors (Lipinski definition) is 0. The van der Waals surface area contributed by atoms with Crippen LogP contribution in [0.2, 0.25) is 0 Å². The first kappa shape index (κ1) is 13.4. The van der Waals surface area contributed by atoms with Crippen LogP contribution in [-0.2, 0) is 0 Å². The van der Waals surface area contributed by atoms with E-state index in [1.165, 1.54) is 11.1 Å². The van der Waals surface area contributed by atoms with Crippen molar-refractivity contribution in [2.75, 3.05) is 6.61 Å². The van der Waals surface area contributed by atoms with E-state index in [0.29, 0.717) is 6.61 Å². The monoisotopic (exact) mass is 275 g/mol. The van der Waals surface area contributed by atoms with Gasteiger partial charge in [-0.2, -0.15) is 0 Å². The lowest BCUT2D eigenvalue weighted by Gasteiger charge is -2.10. The van der Waals surface area contributed by atoms with E-state index in [9.17, 15) is 0 Å². The zero-order valence-corrected chi connectivity index (χ0v) is 12.0. The smallest absolute Gasteiger partial charge is 0.119 e. The fraction of sp³-hybridized carbons (Fsp3) is 0.105. The highest BCUT2D eigenvalue weighted by atomic mass is 16.5. The lowest BCUT2D eigenvalue weighted by atomic mass is 9.97. The average Bonchev–Trinajstić information content (AvgIpc) is 2.57. The average molecular weight is 275 g/mol. The molecule has 0 atom stereocenters. The minimum atomic E-state index is 0.684. The van der Waals surface area contributed by atoms with Crippen LogP contribution in [0.1, 0.15) is 6.92 Å². The van der Waals surface area contributed by atoms with Gasteiger partial charge in [-0.3, -0.25) is 4.98 Å². The van der Waals surface area contributed by atoms with Crippen LogP contribution in [0, 0.1) is 0 Å². The Kier molecular flexibility index (Phi) is 3.97. The van der Waals surface area contributed by atoms with Gasteiger partial charge >= 0.3 is 0 Å². The Morgan fingerprint density at radius 2 is 1.52 bits per heavy atom. The van der Waals surface area contributed by atoms with Gasteiger partial charge in [0.15, 0.2) is 0 Å². The van der Waals surface area contributed by atoms with Crippen LogP contribution in [0.3, 0.4) is 0 Å². The summed E-state index contributed by atoms with van der Waals surface area (Å²) in [4.78, 5) is 4.46. The molecular formula is C19H17NO. The van der Waals surface area contributed by atoms with E-state index < -0.39 is 0 Å². The summed E-state index contributed by atoms with van der Waals surface area (Å²) in [6.07, 6.45) is 1.82. The first-order valence-corrected chi connectivity index (χ1v) is 7.12. The zero-order chi connectivity index (χ0) is 14.5. The third-order valence-electron chi connectivity index (χ3n) is 3.34. The van der Waals surface area contributed by atoms with Gasteiger partial charge in [0.05, 0.1) is 12.3 Å². The van der Waals surface area contributed by atoms with E-state index in [0.717, 1.165) is 17.0 Å². The highest BCUT2D eigenvalue weighted by Crippen LogP contribution is 2.31. The maximum atomic E-state index is 5.50. The third kappa shape index (κ3) is 2.95. The second-order valence-electron chi connectivity index (χ2n) is 4.72. The van der Waals surface area contributed by atoms with Gasteiger partial charge in [-0.15, -0.1) is 0 Å². The number of benzene rings is 2. The van der Waals surface area contributed by atoms with Gasteiger partial charge < -0.3 is 4.74 Å². The zero-order valence-electron chi connectivity index (χ0n) is 12.0. The molecule has 0 bridgehead atoms. The highest BCUT2D eigenvalue weighted by Gasteiger charge is 2.07. The topological polar surface area (TPSA) is 22.1 Å². The number of pyridine rings is 1. The molecule has 2 heteroatoms. The van der Waals surface area contributed by atoms with Crippen LogP contribution in [-0.4, -0.2) is 11.6 Å². The molecule has 0 amide bonds.